The Morgan fingerprint density at radius 1 is 1.32 bits per heavy atom. The summed E-state index contributed by atoms with van der Waals surface area (Å²) in [7, 11) is 1.74. The molecule has 1 aliphatic heterocycles. The molecule has 1 saturated heterocycles. The Morgan fingerprint density at radius 2 is 2.08 bits per heavy atom. The fourth-order valence-electron chi connectivity index (χ4n) is 3.08. The number of hydrogen-bond acceptors (Lipinski definition) is 3. The summed E-state index contributed by atoms with van der Waals surface area (Å²) in [5, 5.41) is 8.15. The number of nitrogens with one attached hydrogen (secondary N) is 3. The molecule has 1 aliphatic rings. The maximum Gasteiger partial charge on any atom is 0.186 e. The van der Waals surface area contributed by atoms with E-state index in [0.29, 0.717) is 5.11 Å². The van der Waals surface area contributed by atoms with Crippen LogP contribution in [0.1, 0.15) is 50.7 Å². The lowest BCUT2D eigenvalue weighted by Crippen LogP contribution is -3.08. The van der Waals surface area contributed by atoms with Gasteiger partial charge in [0.15, 0.2) is 5.11 Å². The van der Waals surface area contributed by atoms with Crippen molar-refractivity contribution >= 4 is 23.0 Å². The standard InChI is InChI=1S/C19H30N4OS/c1-4-5-10-20-19(25)22-21-15(2)16-8-9-18(24-3)17(13-16)14-23-11-6-7-12-23/h8-9,13H,4-7,10-12,14H2,1-3H3,(H2,20,22,25)/p+1/b21-15-. The van der Waals surface area contributed by atoms with Crippen LogP contribution < -0.4 is 20.4 Å². The normalized spacial score (nSPS) is 15.2. The molecule has 0 amide bonds. The summed E-state index contributed by atoms with van der Waals surface area (Å²) in [5.74, 6) is 0.959. The van der Waals surface area contributed by atoms with Crippen LogP contribution in [0.4, 0.5) is 0 Å². The summed E-state index contributed by atoms with van der Waals surface area (Å²) in [6, 6.07) is 6.28. The first kappa shape index (κ1) is 19.7. The average molecular weight is 364 g/mol. The van der Waals surface area contributed by atoms with Gasteiger partial charge in [0, 0.05) is 24.9 Å². The third-order valence-electron chi connectivity index (χ3n) is 4.59. The maximum atomic E-state index is 5.54. The van der Waals surface area contributed by atoms with E-state index < -0.39 is 0 Å². The van der Waals surface area contributed by atoms with Gasteiger partial charge < -0.3 is 15.0 Å². The number of methoxy groups -OCH3 is 1. The minimum absolute atomic E-state index is 0.572. The molecule has 0 spiro atoms. The minimum atomic E-state index is 0.572. The summed E-state index contributed by atoms with van der Waals surface area (Å²) in [5.41, 5.74) is 6.19. The lowest BCUT2D eigenvalue weighted by molar-refractivity contribution is -0.901. The summed E-state index contributed by atoms with van der Waals surface area (Å²) in [4.78, 5) is 1.63. The van der Waals surface area contributed by atoms with Gasteiger partial charge in [0.2, 0.25) is 0 Å². The number of quaternary nitrogens is 1. The summed E-state index contributed by atoms with van der Waals surface area (Å²) in [6.07, 6.45) is 4.89. The zero-order valence-corrected chi connectivity index (χ0v) is 16.5. The van der Waals surface area contributed by atoms with E-state index in [2.05, 4.69) is 34.9 Å². The van der Waals surface area contributed by atoms with Crippen LogP contribution in [0.3, 0.4) is 0 Å². The van der Waals surface area contributed by atoms with Crippen molar-refractivity contribution in [3.63, 3.8) is 0 Å². The SMILES string of the molecule is CCCCNC(=S)N/N=C(/C)c1ccc(OC)c(C[NH+]2CCCC2)c1. The number of hydrazone groups is 1. The smallest absolute Gasteiger partial charge is 0.186 e. The Kier molecular flexibility index (Phi) is 8.15. The lowest BCUT2D eigenvalue weighted by atomic mass is 10.1. The van der Waals surface area contributed by atoms with Gasteiger partial charge in [0.25, 0.3) is 0 Å². The number of likely N-dealkylation sites (tertiary alicyclic amines) is 1. The minimum Gasteiger partial charge on any atom is -0.496 e. The highest BCUT2D eigenvalue weighted by Gasteiger charge is 2.18. The molecule has 1 heterocycles. The molecule has 3 N–H and O–H groups in total. The van der Waals surface area contributed by atoms with Crippen LogP contribution in [0.5, 0.6) is 5.75 Å². The quantitative estimate of drug-likeness (QED) is 0.286. The first-order valence-corrected chi connectivity index (χ1v) is 9.63. The second kappa shape index (κ2) is 10.4. The van der Waals surface area contributed by atoms with Crippen LogP contribution in [0.2, 0.25) is 0 Å². The van der Waals surface area contributed by atoms with Gasteiger partial charge in [-0.1, -0.05) is 13.3 Å². The van der Waals surface area contributed by atoms with Gasteiger partial charge in [0.1, 0.15) is 12.3 Å². The fraction of sp³-hybridized carbons (Fsp3) is 0.579. The van der Waals surface area contributed by atoms with E-state index in [1.807, 2.05) is 13.0 Å². The van der Waals surface area contributed by atoms with Gasteiger partial charge in [-0.05, 0) is 49.3 Å². The van der Waals surface area contributed by atoms with Gasteiger partial charge in [0.05, 0.1) is 25.9 Å². The third kappa shape index (κ3) is 6.29. The molecule has 138 valence electrons. The molecule has 1 aromatic rings. The molecule has 0 aromatic heterocycles. The van der Waals surface area contributed by atoms with Crippen molar-refractivity contribution in [1.82, 2.24) is 10.7 Å². The van der Waals surface area contributed by atoms with Crippen molar-refractivity contribution in [2.24, 2.45) is 5.10 Å². The molecule has 6 heteroatoms. The Morgan fingerprint density at radius 3 is 2.76 bits per heavy atom. The number of nitrogens with zero attached hydrogens (tertiary/aromatic N) is 1. The zero-order valence-electron chi connectivity index (χ0n) is 15.7. The van der Waals surface area contributed by atoms with Crippen LogP contribution in [0.15, 0.2) is 23.3 Å². The van der Waals surface area contributed by atoms with Crippen LogP contribution in [-0.4, -0.2) is 37.6 Å². The van der Waals surface area contributed by atoms with Gasteiger partial charge >= 0.3 is 0 Å². The van der Waals surface area contributed by atoms with Gasteiger partial charge in [-0.25, -0.2) is 0 Å². The first-order valence-electron chi connectivity index (χ1n) is 9.23. The molecule has 25 heavy (non-hydrogen) atoms. The molecule has 2 rings (SSSR count). The summed E-state index contributed by atoms with van der Waals surface area (Å²) >= 11 is 5.24. The predicted octanol–water partition coefficient (Wildman–Crippen LogP) is 1.86. The molecule has 5 nitrogen and oxygen atoms in total. The van der Waals surface area contributed by atoms with Crippen LogP contribution in [-0.2, 0) is 6.54 Å². The number of thiocarbonyl (C=S) groups is 1. The van der Waals surface area contributed by atoms with Gasteiger partial charge in [-0.15, -0.1) is 0 Å². The number of hydrogen-bond donors (Lipinski definition) is 3. The van der Waals surface area contributed by atoms with E-state index in [1.54, 1.807) is 12.0 Å². The van der Waals surface area contributed by atoms with E-state index in [4.69, 9.17) is 17.0 Å². The van der Waals surface area contributed by atoms with Crippen molar-refractivity contribution in [2.75, 3.05) is 26.7 Å². The molecule has 0 bridgehead atoms. The highest BCUT2D eigenvalue weighted by molar-refractivity contribution is 7.80. The summed E-state index contributed by atoms with van der Waals surface area (Å²) in [6.45, 7) is 8.54. The van der Waals surface area contributed by atoms with Crippen LogP contribution in [0.25, 0.3) is 0 Å². The molecular formula is C19H31N4OS+. The third-order valence-corrected chi connectivity index (χ3v) is 4.83. The van der Waals surface area contributed by atoms with Crippen LogP contribution in [0, 0.1) is 0 Å². The number of unbranched alkanes of at least 4 members (excludes halogenated alkanes) is 1. The molecule has 1 aromatic carbocycles. The highest BCUT2D eigenvalue weighted by atomic mass is 32.1. The Bertz CT molecular complexity index is 597. The topological polar surface area (TPSA) is 50.1 Å². The monoisotopic (exact) mass is 363 g/mol. The second-order valence-electron chi connectivity index (χ2n) is 6.58. The van der Waals surface area contributed by atoms with Crippen molar-refractivity contribution in [1.29, 1.82) is 0 Å². The molecule has 0 saturated carbocycles. The number of rotatable bonds is 8. The van der Waals surface area contributed by atoms with E-state index in [-0.39, 0.29) is 0 Å². The van der Waals surface area contributed by atoms with E-state index >= 15 is 0 Å². The first-order chi connectivity index (χ1) is 12.1. The van der Waals surface area contributed by atoms with Crippen molar-refractivity contribution in [3.8, 4) is 5.75 Å². The van der Waals surface area contributed by atoms with Crippen molar-refractivity contribution < 1.29 is 9.64 Å². The fourth-order valence-corrected chi connectivity index (χ4v) is 3.23. The molecule has 0 radical (unpaired) electrons. The molecule has 0 atom stereocenters. The second-order valence-corrected chi connectivity index (χ2v) is 6.99. The van der Waals surface area contributed by atoms with Crippen molar-refractivity contribution in [3.05, 3.63) is 29.3 Å². The average Bonchev–Trinajstić information content (AvgIpc) is 3.13. The molecule has 0 aliphatic carbocycles. The van der Waals surface area contributed by atoms with Gasteiger partial charge in [-0.2, -0.15) is 5.10 Å². The number of ether oxygens (including phenoxy) is 1. The lowest BCUT2D eigenvalue weighted by Gasteiger charge is -2.16. The highest BCUT2D eigenvalue weighted by Crippen LogP contribution is 2.20. The number of benzene rings is 1. The largest absolute Gasteiger partial charge is 0.496 e. The van der Waals surface area contributed by atoms with E-state index in [9.17, 15) is 0 Å². The Hall–Kier alpha value is -1.66. The van der Waals surface area contributed by atoms with E-state index in [0.717, 1.165) is 43.0 Å². The van der Waals surface area contributed by atoms with Crippen LogP contribution >= 0.6 is 12.2 Å². The predicted molar refractivity (Wildman–Crippen MR) is 107 cm³/mol. The van der Waals surface area contributed by atoms with E-state index in [1.165, 1.54) is 31.5 Å². The van der Waals surface area contributed by atoms with Crippen molar-refractivity contribution in [2.45, 2.75) is 46.1 Å². The summed E-state index contributed by atoms with van der Waals surface area (Å²) < 4.78 is 5.54. The zero-order chi connectivity index (χ0) is 18.1. The Balaban J connectivity index is 2.01. The molecule has 1 fully saturated rings. The Labute approximate surface area is 156 Å². The molecular weight excluding hydrogens is 332 g/mol. The maximum absolute atomic E-state index is 5.54. The molecule has 0 unspecified atom stereocenters. The van der Waals surface area contributed by atoms with Gasteiger partial charge in [-0.3, -0.25) is 5.43 Å².